The first-order valence-electron chi connectivity index (χ1n) is 10.1. The number of fused-ring (bicyclic) bond motifs is 4. The van der Waals surface area contributed by atoms with E-state index in [9.17, 15) is 10.1 Å². The van der Waals surface area contributed by atoms with Crippen LogP contribution in [0.25, 0.3) is 0 Å². The smallest absolute Gasteiger partial charge is 0.334 e. The van der Waals surface area contributed by atoms with Gasteiger partial charge in [-0.1, -0.05) is 20.8 Å². The van der Waals surface area contributed by atoms with Crippen molar-refractivity contribution in [1.82, 2.24) is 0 Å². The highest BCUT2D eigenvalue weighted by molar-refractivity contribution is 5.92. The normalized spacial score (nSPS) is 61.2. The summed E-state index contributed by atoms with van der Waals surface area (Å²) in [5.74, 6) is 0.229. The van der Waals surface area contributed by atoms with E-state index in [1.54, 1.807) is 0 Å². The Labute approximate surface area is 156 Å². The fraction of sp³-hybridized carbons (Fsp3) is 0.850. The topological polar surface area (TPSA) is 93.4 Å². The van der Waals surface area contributed by atoms with E-state index in [-0.39, 0.29) is 41.5 Å². The van der Waals surface area contributed by atoms with Crippen LogP contribution in [-0.4, -0.2) is 59.1 Å². The average molecular weight is 376 g/mol. The van der Waals surface area contributed by atoms with E-state index in [1.807, 2.05) is 0 Å². The Bertz CT molecular complexity index is 836. The van der Waals surface area contributed by atoms with Gasteiger partial charge in [0.25, 0.3) is 0 Å². The Morgan fingerprint density at radius 1 is 1.22 bits per heavy atom. The largest absolute Gasteiger partial charge is 0.458 e. The lowest BCUT2D eigenvalue weighted by molar-refractivity contribution is -0.319. The summed E-state index contributed by atoms with van der Waals surface area (Å²) in [4.78, 5) is 17.2. The molecule has 9 atom stereocenters. The molecule has 0 aromatic heterocycles. The van der Waals surface area contributed by atoms with Crippen LogP contribution < -0.4 is 0 Å². The summed E-state index contributed by atoms with van der Waals surface area (Å²) >= 11 is 0. The Morgan fingerprint density at radius 3 is 2.78 bits per heavy atom. The molecule has 5 fully saturated rings. The maximum Gasteiger partial charge on any atom is 0.334 e. The van der Waals surface area contributed by atoms with Gasteiger partial charge in [-0.25, -0.2) is 9.68 Å². The molecule has 0 aromatic carbocycles. The molecule has 2 spiro atoms. The Morgan fingerprint density at radius 2 is 2.04 bits per heavy atom. The van der Waals surface area contributed by atoms with Crippen LogP contribution in [0.4, 0.5) is 0 Å². The van der Waals surface area contributed by atoms with Gasteiger partial charge in [0, 0.05) is 11.0 Å². The second-order valence-electron chi connectivity index (χ2n) is 9.99. The molecule has 0 aromatic rings. The van der Waals surface area contributed by atoms with E-state index in [2.05, 4.69) is 20.8 Å². The fourth-order valence-electron chi connectivity index (χ4n) is 7.82. The maximum absolute atomic E-state index is 12.1. The SMILES string of the molecule is CC(C)[C@]12O[C@H]1[C@@H]1O[C@]13[C@]1(O[C@H]1CC1C4=C(CC[C@@]13C)C(=O)OC4)[C@H]2OO. The molecule has 3 saturated heterocycles. The Hall–Kier alpha value is -0.990. The molecule has 0 radical (unpaired) electrons. The number of hydrogen-bond acceptors (Lipinski definition) is 7. The first-order chi connectivity index (χ1) is 12.9. The summed E-state index contributed by atoms with van der Waals surface area (Å²) < 4.78 is 24.5. The lowest BCUT2D eigenvalue weighted by Gasteiger charge is -2.53. The van der Waals surface area contributed by atoms with Crippen molar-refractivity contribution in [3.8, 4) is 0 Å². The van der Waals surface area contributed by atoms with Crippen molar-refractivity contribution in [3.63, 3.8) is 0 Å². The van der Waals surface area contributed by atoms with Gasteiger partial charge in [-0.3, -0.25) is 5.26 Å². The van der Waals surface area contributed by atoms with Crippen molar-refractivity contribution in [3.05, 3.63) is 11.1 Å². The van der Waals surface area contributed by atoms with Crippen LogP contribution in [0.3, 0.4) is 0 Å². The predicted octanol–water partition coefficient (Wildman–Crippen LogP) is 1.60. The molecule has 7 heteroatoms. The second-order valence-corrected chi connectivity index (χ2v) is 9.99. The van der Waals surface area contributed by atoms with Gasteiger partial charge in [0.1, 0.15) is 30.0 Å². The Kier molecular flexibility index (Phi) is 2.43. The third-order valence-electron chi connectivity index (χ3n) is 9.17. The molecule has 4 aliphatic heterocycles. The van der Waals surface area contributed by atoms with Gasteiger partial charge in [-0.15, -0.1) is 0 Å². The van der Waals surface area contributed by atoms with Gasteiger partial charge in [0.15, 0.2) is 11.7 Å². The zero-order valence-corrected chi connectivity index (χ0v) is 15.7. The second kappa shape index (κ2) is 4.14. The fourth-order valence-corrected chi connectivity index (χ4v) is 7.82. The monoisotopic (exact) mass is 376 g/mol. The summed E-state index contributed by atoms with van der Waals surface area (Å²) in [5, 5.41) is 9.94. The molecule has 27 heavy (non-hydrogen) atoms. The van der Waals surface area contributed by atoms with Gasteiger partial charge in [0.2, 0.25) is 0 Å². The van der Waals surface area contributed by atoms with Crippen molar-refractivity contribution >= 4 is 5.97 Å². The highest BCUT2D eigenvalue weighted by atomic mass is 17.1. The number of esters is 1. The van der Waals surface area contributed by atoms with Crippen molar-refractivity contribution in [2.45, 2.75) is 81.3 Å². The third-order valence-corrected chi connectivity index (χ3v) is 9.17. The van der Waals surface area contributed by atoms with Gasteiger partial charge < -0.3 is 18.9 Å². The zero-order chi connectivity index (χ0) is 18.6. The zero-order valence-electron chi connectivity index (χ0n) is 15.7. The minimum atomic E-state index is -0.656. The van der Waals surface area contributed by atoms with E-state index < -0.39 is 22.9 Å². The molecule has 0 bridgehead atoms. The number of hydrogen-bond donors (Lipinski definition) is 1. The summed E-state index contributed by atoms with van der Waals surface area (Å²) in [7, 11) is 0. The molecule has 7 rings (SSSR count). The van der Waals surface area contributed by atoms with Gasteiger partial charge in [0.05, 0.1) is 6.10 Å². The van der Waals surface area contributed by atoms with E-state index in [0.717, 1.165) is 24.0 Å². The standard InChI is InChI=1S/C20H24O7/c1-8(2)18-13(25-18)14-20(26-14)17(3)5-4-9-10(7-23-15(9)21)11(17)6-12-19(20,24-12)16(18)27-22/h8,11-14,16,22H,4-7H2,1-3H3/t11?,12-,13-,14-,16-,17-,18-,19+,20+/m0/s1. The van der Waals surface area contributed by atoms with E-state index in [4.69, 9.17) is 23.8 Å². The number of epoxide rings is 3. The first kappa shape index (κ1) is 15.9. The molecule has 4 heterocycles. The van der Waals surface area contributed by atoms with Crippen molar-refractivity contribution in [2.24, 2.45) is 17.3 Å². The molecular weight excluding hydrogens is 352 g/mol. The highest BCUT2D eigenvalue weighted by Crippen LogP contribution is 2.83. The van der Waals surface area contributed by atoms with Crippen molar-refractivity contribution in [2.75, 3.05) is 6.61 Å². The van der Waals surface area contributed by atoms with Crippen LogP contribution >= 0.6 is 0 Å². The lowest BCUT2D eigenvalue weighted by Crippen LogP contribution is -2.69. The summed E-state index contributed by atoms with van der Waals surface area (Å²) in [6.07, 6.45) is 1.66. The van der Waals surface area contributed by atoms with E-state index >= 15 is 0 Å². The summed E-state index contributed by atoms with van der Waals surface area (Å²) in [5.41, 5.74) is 0.0949. The third kappa shape index (κ3) is 1.30. The van der Waals surface area contributed by atoms with Crippen molar-refractivity contribution in [1.29, 1.82) is 0 Å². The number of carbonyl (C=O) groups excluding carboxylic acids is 1. The van der Waals surface area contributed by atoms with Crippen LogP contribution in [0.5, 0.6) is 0 Å². The molecule has 2 saturated carbocycles. The molecule has 146 valence electrons. The molecule has 3 aliphatic carbocycles. The van der Waals surface area contributed by atoms with Gasteiger partial charge in [-0.2, -0.15) is 0 Å². The highest BCUT2D eigenvalue weighted by Gasteiger charge is 3.01. The molecule has 1 unspecified atom stereocenters. The van der Waals surface area contributed by atoms with Gasteiger partial charge >= 0.3 is 5.97 Å². The molecule has 7 aliphatic rings. The van der Waals surface area contributed by atoms with Crippen molar-refractivity contribution < 1.29 is 33.9 Å². The van der Waals surface area contributed by atoms with Gasteiger partial charge in [-0.05, 0) is 36.7 Å². The van der Waals surface area contributed by atoms with E-state index in [0.29, 0.717) is 13.0 Å². The minimum absolute atomic E-state index is 0.0377. The summed E-state index contributed by atoms with van der Waals surface area (Å²) in [6, 6.07) is 0. The molecule has 0 amide bonds. The van der Waals surface area contributed by atoms with E-state index in [1.165, 1.54) is 0 Å². The molecule has 1 N–H and O–H groups in total. The number of rotatable bonds is 2. The van der Waals surface area contributed by atoms with Crippen LogP contribution in [0, 0.1) is 17.3 Å². The number of ether oxygens (including phenoxy) is 4. The summed E-state index contributed by atoms with van der Waals surface area (Å²) in [6.45, 7) is 6.86. The first-order valence-corrected chi connectivity index (χ1v) is 10.1. The quantitative estimate of drug-likeness (QED) is 0.339. The molecular formula is C20H24O7. The average Bonchev–Trinajstić information content (AvgIpc) is 3.52. The Balaban J connectivity index is 1.39. The lowest BCUT2D eigenvalue weighted by atomic mass is 9.46. The number of carbonyl (C=O) groups is 1. The van der Waals surface area contributed by atoms with Crippen LogP contribution in [0.1, 0.15) is 40.0 Å². The minimum Gasteiger partial charge on any atom is -0.458 e. The van der Waals surface area contributed by atoms with Crippen LogP contribution in [0.2, 0.25) is 0 Å². The predicted molar refractivity (Wildman–Crippen MR) is 88.6 cm³/mol. The van der Waals surface area contributed by atoms with Crippen LogP contribution in [0.15, 0.2) is 11.1 Å². The number of cyclic esters (lactones) is 1. The maximum atomic E-state index is 12.1. The molecule has 7 nitrogen and oxygen atoms in total. The van der Waals surface area contributed by atoms with Crippen LogP contribution in [-0.2, 0) is 28.6 Å².